The second-order valence-corrected chi connectivity index (χ2v) is 4.41. The maximum atomic E-state index is 5.65. The number of nitrogens with one attached hydrogen (secondary N) is 1. The first-order valence-electron chi connectivity index (χ1n) is 6.25. The number of benzene rings is 2. The van der Waals surface area contributed by atoms with Crippen LogP contribution in [-0.4, -0.2) is 11.5 Å². The number of rotatable bonds is 4. The van der Waals surface area contributed by atoms with Crippen LogP contribution in [0.25, 0.3) is 11.1 Å². The van der Waals surface area contributed by atoms with E-state index in [0.717, 1.165) is 29.8 Å². The zero-order valence-corrected chi connectivity index (χ0v) is 10.5. The highest BCUT2D eigenvalue weighted by atomic mass is 16.4. The topological polar surface area (TPSA) is 64.1 Å². The number of anilines is 2. The molecule has 96 valence electrons. The average Bonchev–Trinajstić information content (AvgIpc) is 2.83. The second kappa shape index (κ2) is 5.02. The van der Waals surface area contributed by atoms with Crippen molar-refractivity contribution in [2.24, 2.45) is 0 Å². The quantitative estimate of drug-likeness (QED) is 0.701. The van der Waals surface area contributed by atoms with E-state index in [4.69, 9.17) is 10.2 Å². The summed E-state index contributed by atoms with van der Waals surface area (Å²) in [5.41, 5.74) is 9.35. The molecule has 0 unspecified atom stereocenters. The molecule has 1 aromatic heterocycles. The number of nitrogens with zero attached hydrogens (tertiary/aromatic N) is 1. The van der Waals surface area contributed by atoms with Crippen molar-refractivity contribution in [3.05, 3.63) is 54.1 Å². The molecule has 0 atom stereocenters. The van der Waals surface area contributed by atoms with E-state index in [1.165, 1.54) is 5.56 Å². The Kier molecular flexibility index (Phi) is 3.06. The summed E-state index contributed by atoms with van der Waals surface area (Å²) >= 11 is 0. The fraction of sp³-hybridized carbons (Fsp3) is 0.133. The molecule has 0 aliphatic heterocycles. The zero-order valence-electron chi connectivity index (χ0n) is 10.5. The number of para-hydroxylation sites is 2. The lowest BCUT2D eigenvalue weighted by Crippen LogP contribution is -2.04. The smallest absolute Gasteiger partial charge is 0.295 e. The molecule has 0 spiro atoms. The van der Waals surface area contributed by atoms with E-state index in [-0.39, 0.29) is 0 Å². The van der Waals surface area contributed by atoms with Gasteiger partial charge in [0.1, 0.15) is 5.52 Å². The van der Waals surface area contributed by atoms with E-state index >= 15 is 0 Å². The van der Waals surface area contributed by atoms with Crippen LogP contribution in [0, 0.1) is 0 Å². The number of hydrogen-bond donors (Lipinski definition) is 2. The van der Waals surface area contributed by atoms with E-state index in [9.17, 15) is 0 Å². The first-order chi connectivity index (χ1) is 9.31. The van der Waals surface area contributed by atoms with Crippen LogP contribution in [0.4, 0.5) is 11.7 Å². The molecule has 0 saturated carbocycles. The highest BCUT2D eigenvalue weighted by Crippen LogP contribution is 2.17. The largest absolute Gasteiger partial charge is 0.424 e. The van der Waals surface area contributed by atoms with Crippen molar-refractivity contribution in [3.63, 3.8) is 0 Å². The van der Waals surface area contributed by atoms with E-state index < -0.39 is 0 Å². The molecule has 4 nitrogen and oxygen atoms in total. The van der Waals surface area contributed by atoms with Crippen molar-refractivity contribution in [2.75, 3.05) is 17.6 Å². The number of hydrogen-bond acceptors (Lipinski definition) is 4. The van der Waals surface area contributed by atoms with Crippen molar-refractivity contribution in [3.8, 4) is 0 Å². The molecule has 19 heavy (non-hydrogen) atoms. The molecule has 3 N–H and O–H groups in total. The lowest BCUT2D eigenvalue weighted by molar-refractivity contribution is 0.614. The molecule has 2 aromatic carbocycles. The molecule has 0 bridgehead atoms. The van der Waals surface area contributed by atoms with E-state index in [1.54, 1.807) is 0 Å². The van der Waals surface area contributed by atoms with Gasteiger partial charge in [-0.3, -0.25) is 0 Å². The Morgan fingerprint density at radius 2 is 1.84 bits per heavy atom. The Hall–Kier alpha value is -2.49. The SMILES string of the molecule is Nc1ccc(CCNc2nc3ccccc3o2)cc1. The van der Waals surface area contributed by atoms with Crippen molar-refractivity contribution >= 4 is 22.8 Å². The van der Waals surface area contributed by atoms with Gasteiger partial charge < -0.3 is 15.5 Å². The van der Waals surface area contributed by atoms with Gasteiger partial charge in [0.25, 0.3) is 6.01 Å². The maximum Gasteiger partial charge on any atom is 0.295 e. The molecule has 0 aliphatic carbocycles. The van der Waals surface area contributed by atoms with Crippen LogP contribution in [0.15, 0.2) is 52.9 Å². The van der Waals surface area contributed by atoms with Gasteiger partial charge in [-0.05, 0) is 36.2 Å². The van der Waals surface area contributed by atoms with Gasteiger partial charge in [0, 0.05) is 12.2 Å². The van der Waals surface area contributed by atoms with Gasteiger partial charge in [-0.25, -0.2) is 0 Å². The monoisotopic (exact) mass is 253 g/mol. The molecule has 3 rings (SSSR count). The summed E-state index contributed by atoms with van der Waals surface area (Å²) in [5.74, 6) is 0. The van der Waals surface area contributed by atoms with Crippen molar-refractivity contribution in [1.82, 2.24) is 4.98 Å². The summed E-state index contributed by atoms with van der Waals surface area (Å²) in [4.78, 5) is 4.36. The fourth-order valence-corrected chi connectivity index (χ4v) is 1.95. The third-order valence-electron chi connectivity index (χ3n) is 2.96. The van der Waals surface area contributed by atoms with Gasteiger partial charge in [0.2, 0.25) is 0 Å². The molecular formula is C15H15N3O. The number of nitrogens with two attached hydrogens (primary N) is 1. The predicted octanol–water partition coefficient (Wildman–Crippen LogP) is 3.06. The maximum absolute atomic E-state index is 5.65. The van der Waals surface area contributed by atoms with Gasteiger partial charge >= 0.3 is 0 Å². The van der Waals surface area contributed by atoms with Gasteiger partial charge in [0.05, 0.1) is 0 Å². The molecular weight excluding hydrogens is 238 g/mol. The molecule has 3 aromatic rings. The number of nitrogen functional groups attached to an aromatic ring is 1. The minimum atomic E-state index is 0.566. The summed E-state index contributed by atoms with van der Waals surface area (Å²) < 4.78 is 5.58. The van der Waals surface area contributed by atoms with Crippen molar-refractivity contribution in [1.29, 1.82) is 0 Å². The van der Waals surface area contributed by atoms with E-state index in [2.05, 4.69) is 10.3 Å². The van der Waals surface area contributed by atoms with E-state index in [0.29, 0.717) is 6.01 Å². The summed E-state index contributed by atoms with van der Waals surface area (Å²) in [6.07, 6.45) is 0.902. The molecule has 0 radical (unpaired) electrons. The Labute approximate surface area is 111 Å². The minimum Gasteiger partial charge on any atom is -0.424 e. The number of aromatic nitrogens is 1. The standard InChI is InChI=1S/C15H15N3O/c16-12-7-5-11(6-8-12)9-10-17-15-18-13-3-1-2-4-14(13)19-15/h1-8H,9-10,16H2,(H,17,18). The van der Waals surface area contributed by atoms with Crippen LogP contribution < -0.4 is 11.1 Å². The first-order valence-corrected chi connectivity index (χ1v) is 6.25. The third kappa shape index (κ3) is 2.68. The Balaban J connectivity index is 1.61. The Morgan fingerprint density at radius 1 is 1.05 bits per heavy atom. The zero-order chi connectivity index (χ0) is 13.1. The Bertz CT molecular complexity index is 640. The first kappa shape index (κ1) is 11.6. The molecule has 0 fully saturated rings. The van der Waals surface area contributed by atoms with Gasteiger partial charge in [-0.2, -0.15) is 4.98 Å². The molecule has 0 amide bonds. The summed E-state index contributed by atoms with van der Waals surface area (Å²) in [5, 5.41) is 3.19. The van der Waals surface area contributed by atoms with Crippen LogP contribution in [0.2, 0.25) is 0 Å². The van der Waals surface area contributed by atoms with Gasteiger partial charge in [-0.15, -0.1) is 0 Å². The summed E-state index contributed by atoms with van der Waals surface area (Å²) in [7, 11) is 0. The van der Waals surface area contributed by atoms with Crippen LogP contribution in [0.5, 0.6) is 0 Å². The van der Waals surface area contributed by atoms with Crippen LogP contribution >= 0.6 is 0 Å². The molecule has 0 saturated heterocycles. The third-order valence-corrected chi connectivity index (χ3v) is 2.96. The minimum absolute atomic E-state index is 0.566. The van der Waals surface area contributed by atoms with Gasteiger partial charge in [0.15, 0.2) is 5.58 Å². The highest BCUT2D eigenvalue weighted by Gasteiger charge is 2.03. The molecule has 1 heterocycles. The van der Waals surface area contributed by atoms with Crippen LogP contribution in [0.3, 0.4) is 0 Å². The average molecular weight is 253 g/mol. The number of oxazole rings is 1. The normalized spacial score (nSPS) is 10.7. The lowest BCUT2D eigenvalue weighted by atomic mass is 10.1. The lowest BCUT2D eigenvalue weighted by Gasteiger charge is -2.02. The van der Waals surface area contributed by atoms with Crippen molar-refractivity contribution in [2.45, 2.75) is 6.42 Å². The second-order valence-electron chi connectivity index (χ2n) is 4.41. The summed E-state index contributed by atoms with van der Waals surface area (Å²) in [6, 6.07) is 16.2. The number of fused-ring (bicyclic) bond motifs is 1. The summed E-state index contributed by atoms with van der Waals surface area (Å²) in [6.45, 7) is 0.775. The van der Waals surface area contributed by atoms with Crippen LogP contribution in [0.1, 0.15) is 5.56 Å². The van der Waals surface area contributed by atoms with E-state index in [1.807, 2.05) is 48.5 Å². The fourth-order valence-electron chi connectivity index (χ4n) is 1.95. The highest BCUT2D eigenvalue weighted by molar-refractivity contribution is 5.74. The molecule has 4 heteroatoms. The van der Waals surface area contributed by atoms with Crippen LogP contribution in [-0.2, 0) is 6.42 Å². The van der Waals surface area contributed by atoms with Crippen molar-refractivity contribution < 1.29 is 4.42 Å². The Morgan fingerprint density at radius 3 is 2.63 bits per heavy atom. The van der Waals surface area contributed by atoms with Gasteiger partial charge in [-0.1, -0.05) is 24.3 Å². The predicted molar refractivity (Wildman–Crippen MR) is 77.1 cm³/mol. The molecule has 0 aliphatic rings.